The van der Waals surface area contributed by atoms with Gasteiger partial charge in [-0.15, -0.1) is 0 Å². The number of rotatable bonds is 2. The van der Waals surface area contributed by atoms with Crippen LogP contribution in [-0.4, -0.2) is 55.2 Å². The molecule has 21 heavy (non-hydrogen) atoms. The molecule has 3 heterocycles. The van der Waals surface area contributed by atoms with Crippen molar-refractivity contribution in [3.8, 4) is 0 Å². The monoisotopic (exact) mass is 282 g/mol. The second kappa shape index (κ2) is 5.28. The topological polar surface area (TPSA) is 31.4 Å². The molecule has 0 atom stereocenters. The lowest BCUT2D eigenvalue weighted by molar-refractivity contribution is 0.147. The van der Waals surface area contributed by atoms with E-state index in [1.54, 1.807) is 0 Å². The molecule has 4 rings (SSSR count). The van der Waals surface area contributed by atoms with Crippen LogP contribution in [-0.2, 0) is 0 Å². The first kappa shape index (κ1) is 13.0. The summed E-state index contributed by atoms with van der Waals surface area (Å²) in [7, 11) is 0. The number of para-hydroxylation sites is 1. The molecule has 0 bridgehead atoms. The molecule has 2 aliphatic heterocycles. The quantitative estimate of drug-likeness (QED) is 0.907. The van der Waals surface area contributed by atoms with Gasteiger partial charge in [0.2, 0.25) is 0 Å². The van der Waals surface area contributed by atoms with Crippen molar-refractivity contribution in [2.24, 2.45) is 0 Å². The fourth-order valence-corrected chi connectivity index (χ4v) is 3.48. The molecule has 2 saturated heterocycles. The van der Waals surface area contributed by atoms with E-state index in [0.717, 1.165) is 43.4 Å². The third-order valence-corrected chi connectivity index (χ3v) is 4.69. The highest BCUT2D eigenvalue weighted by Crippen LogP contribution is 2.31. The lowest BCUT2D eigenvalue weighted by Gasteiger charge is -2.48. The number of aryl methyl sites for hydroxylation is 1. The van der Waals surface area contributed by atoms with Crippen molar-refractivity contribution in [3.05, 3.63) is 36.0 Å². The Hall–Kier alpha value is -1.65. The van der Waals surface area contributed by atoms with Crippen LogP contribution in [0.15, 0.2) is 30.3 Å². The van der Waals surface area contributed by atoms with E-state index in [9.17, 15) is 0 Å². The van der Waals surface area contributed by atoms with Crippen LogP contribution in [0, 0.1) is 6.92 Å². The lowest BCUT2D eigenvalue weighted by atomic mass is 10.0. The van der Waals surface area contributed by atoms with Gasteiger partial charge in [0, 0.05) is 62.1 Å². The molecular weight excluding hydrogens is 260 g/mol. The number of aromatic nitrogens is 1. The third-order valence-electron chi connectivity index (χ3n) is 4.69. The van der Waals surface area contributed by atoms with Gasteiger partial charge < -0.3 is 10.2 Å². The van der Waals surface area contributed by atoms with Gasteiger partial charge in [-0.05, 0) is 19.1 Å². The Morgan fingerprint density at radius 2 is 1.90 bits per heavy atom. The van der Waals surface area contributed by atoms with Crippen molar-refractivity contribution < 1.29 is 0 Å². The number of fused-ring (bicyclic) bond motifs is 1. The molecule has 4 nitrogen and oxygen atoms in total. The summed E-state index contributed by atoms with van der Waals surface area (Å²) in [4.78, 5) is 9.77. The van der Waals surface area contributed by atoms with Gasteiger partial charge in [-0.2, -0.15) is 0 Å². The summed E-state index contributed by atoms with van der Waals surface area (Å²) in [5, 5.41) is 4.71. The van der Waals surface area contributed by atoms with Crippen molar-refractivity contribution in [2.45, 2.75) is 13.0 Å². The minimum absolute atomic E-state index is 0.722. The maximum absolute atomic E-state index is 4.64. The molecule has 0 saturated carbocycles. The predicted octanol–water partition coefficient (Wildman–Crippen LogP) is 1.64. The minimum Gasteiger partial charge on any atom is -0.368 e. The van der Waals surface area contributed by atoms with Gasteiger partial charge in [-0.3, -0.25) is 9.88 Å². The van der Waals surface area contributed by atoms with Crippen LogP contribution in [0.25, 0.3) is 10.9 Å². The number of hydrogen-bond acceptors (Lipinski definition) is 4. The maximum Gasteiger partial charge on any atom is 0.0726 e. The van der Waals surface area contributed by atoms with E-state index >= 15 is 0 Å². The summed E-state index contributed by atoms with van der Waals surface area (Å²) in [5.41, 5.74) is 3.57. The highest BCUT2D eigenvalue weighted by Gasteiger charge is 2.33. The average molecular weight is 282 g/mol. The number of nitrogens with one attached hydrogen (secondary N) is 1. The van der Waals surface area contributed by atoms with Crippen LogP contribution >= 0.6 is 0 Å². The van der Waals surface area contributed by atoms with E-state index in [0.29, 0.717) is 0 Å². The molecule has 0 aliphatic carbocycles. The van der Waals surface area contributed by atoms with Gasteiger partial charge in [0.25, 0.3) is 0 Å². The molecule has 1 aromatic carbocycles. The first-order valence-corrected chi connectivity index (χ1v) is 7.87. The van der Waals surface area contributed by atoms with Crippen molar-refractivity contribution in [1.29, 1.82) is 0 Å². The van der Waals surface area contributed by atoms with E-state index in [-0.39, 0.29) is 0 Å². The third kappa shape index (κ3) is 2.39. The van der Waals surface area contributed by atoms with Gasteiger partial charge in [0.05, 0.1) is 5.52 Å². The van der Waals surface area contributed by atoms with E-state index in [1.807, 2.05) is 0 Å². The van der Waals surface area contributed by atoms with Crippen molar-refractivity contribution >= 4 is 16.6 Å². The fourth-order valence-electron chi connectivity index (χ4n) is 3.48. The molecule has 0 amide bonds. The van der Waals surface area contributed by atoms with Crippen LogP contribution in [0.5, 0.6) is 0 Å². The van der Waals surface area contributed by atoms with Crippen LogP contribution < -0.4 is 10.2 Å². The Labute approximate surface area is 125 Å². The van der Waals surface area contributed by atoms with Crippen LogP contribution in [0.2, 0.25) is 0 Å². The lowest BCUT2D eigenvalue weighted by Crippen LogP contribution is -2.62. The van der Waals surface area contributed by atoms with E-state index in [4.69, 9.17) is 0 Å². The number of piperazine rings is 1. The number of nitrogens with zero attached hydrogens (tertiary/aromatic N) is 3. The Balaban J connectivity index is 1.55. The van der Waals surface area contributed by atoms with Gasteiger partial charge >= 0.3 is 0 Å². The Morgan fingerprint density at radius 3 is 2.71 bits per heavy atom. The zero-order chi connectivity index (χ0) is 14.2. The van der Waals surface area contributed by atoms with Crippen LogP contribution in [0.4, 0.5) is 5.69 Å². The summed E-state index contributed by atoms with van der Waals surface area (Å²) in [6.07, 6.45) is 0. The normalized spacial score (nSPS) is 20.7. The summed E-state index contributed by atoms with van der Waals surface area (Å²) in [5.74, 6) is 0. The maximum atomic E-state index is 4.64. The van der Waals surface area contributed by atoms with Gasteiger partial charge in [-0.1, -0.05) is 18.2 Å². The summed E-state index contributed by atoms with van der Waals surface area (Å²) < 4.78 is 0. The second-order valence-corrected chi connectivity index (χ2v) is 6.14. The molecule has 0 spiro atoms. The molecular formula is C17H22N4. The largest absolute Gasteiger partial charge is 0.368 e. The summed E-state index contributed by atoms with van der Waals surface area (Å²) in [6.45, 7) is 9.02. The number of anilines is 1. The molecule has 2 aromatic rings. The summed E-state index contributed by atoms with van der Waals surface area (Å²) >= 11 is 0. The van der Waals surface area contributed by atoms with E-state index in [2.05, 4.69) is 57.4 Å². The molecule has 1 N–H and O–H groups in total. The van der Waals surface area contributed by atoms with E-state index in [1.165, 1.54) is 24.2 Å². The smallest absolute Gasteiger partial charge is 0.0726 e. The van der Waals surface area contributed by atoms with Crippen molar-refractivity contribution in [1.82, 2.24) is 15.2 Å². The molecule has 1 aromatic heterocycles. The SMILES string of the molecule is Cc1cc(N2CC(N3CCNCC3)C2)c2ccccc2n1. The van der Waals surface area contributed by atoms with Gasteiger partial charge in [0.1, 0.15) is 0 Å². The first-order valence-electron chi connectivity index (χ1n) is 7.87. The Kier molecular flexibility index (Phi) is 3.28. The average Bonchev–Trinajstić information content (AvgIpc) is 2.46. The van der Waals surface area contributed by atoms with Crippen molar-refractivity contribution in [3.63, 3.8) is 0 Å². The standard InChI is InChI=1S/C17H22N4/c1-13-10-17(15-4-2-3-5-16(15)19-13)21-11-14(12-21)20-8-6-18-7-9-20/h2-5,10,14,18H,6-9,11-12H2,1H3. The molecule has 2 fully saturated rings. The van der Waals surface area contributed by atoms with E-state index < -0.39 is 0 Å². The highest BCUT2D eigenvalue weighted by molar-refractivity contribution is 5.92. The molecule has 4 heteroatoms. The van der Waals surface area contributed by atoms with Gasteiger partial charge in [0.15, 0.2) is 0 Å². The zero-order valence-corrected chi connectivity index (χ0v) is 12.5. The first-order chi connectivity index (χ1) is 10.3. The number of benzene rings is 1. The second-order valence-electron chi connectivity index (χ2n) is 6.14. The minimum atomic E-state index is 0.722. The Bertz CT molecular complexity index is 642. The molecule has 0 radical (unpaired) electrons. The Morgan fingerprint density at radius 1 is 1.14 bits per heavy atom. The predicted molar refractivity (Wildman–Crippen MR) is 86.9 cm³/mol. The molecule has 0 unspecified atom stereocenters. The van der Waals surface area contributed by atoms with Crippen LogP contribution in [0.3, 0.4) is 0 Å². The molecule has 110 valence electrons. The zero-order valence-electron chi connectivity index (χ0n) is 12.5. The molecule has 2 aliphatic rings. The number of hydrogen-bond donors (Lipinski definition) is 1. The van der Waals surface area contributed by atoms with Gasteiger partial charge in [-0.25, -0.2) is 0 Å². The summed E-state index contributed by atoms with van der Waals surface area (Å²) in [6, 6.07) is 11.4. The van der Waals surface area contributed by atoms with Crippen LogP contribution in [0.1, 0.15) is 5.69 Å². The number of pyridine rings is 1. The fraction of sp³-hybridized carbons (Fsp3) is 0.471. The highest BCUT2D eigenvalue weighted by atomic mass is 15.3. The van der Waals surface area contributed by atoms with Crippen molar-refractivity contribution in [2.75, 3.05) is 44.2 Å².